The summed E-state index contributed by atoms with van der Waals surface area (Å²) in [6.07, 6.45) is -0.601. The third-order valence-corrected chi connectivity index (χ3v) is 7.82. The number of carbonyl (C=O) groups excluding carboxylic acids is 1. The summed E-state index contributed by atoms with van der Waals surface area (Å²) in [6.45, 7) is 1.87. The number of anilines is 2. The van der Waals surface area contributed by atoms with Crippen molar-refractivity contribution in [2.24, 2.45) is 0 Å². The first kappa shape index (κ1) is 26.7. The van der Waals surface area contributed by atoms with Crippen molar-refractivity contribution in [1.82, 2.24) is 10.3 Å². The molecule has 1 aliphatic carbocycles. The molecule has 1 aliphatic rings. The van der Waals surface area contributed by atoms with Gasteiger partial charge in [-0.25, -0.2) is 13.4 Å². The summed E-state index contributed by atoms with van der Waals surface area (Å²) < 4.78 is 65.0. The Morgan fingerprint density at radius 2 is 1.73 bits per heavy atom. The van der Waals surface area contributed by atoms with Crippen LogP contribution in [0.2, 0.25) is 0 Å². The molecule has 1 amide bonds. The van der Waals surface area contributed by atoms with Crippen LogP contribution in [0.3, 0.4) is 0 Å². The Morgan fingerprint density at radius 1 is 1.05 bits per heavy atom. The summed E-state index contributed by atoms with van der Waals surface area (Å²) >= 11 is 0. The van der Waals surface area contributed by atoms with Crippen LogP contribution in [-0.2, 0) is 16.2 Å². The van der Waals surface area contributed by atoms with Crippen LogP contribution in [0.1, 0.15) is 47.3 Å². The molecule has 4 rings (SSSR count). The molecule has 1 aromatic heterocycles. The Bertz CT molecular complexity index is 1410. The van der Waals surface area contributed by atoms with E-state index < -0.39 is 21.9 Å². The van der Waals surface area contributed by atoms with E-state index in [9.17, 15) is 26.4 Å². The molecule has 7 nitrogen and oxygen atoms in total. The van der Waals surface area contributed by atoms with Gasteiger partial charge in [-0.3, -0.25) is 9.10 Å². The van der Waals surface area contributed by atoms with E-state index in [4.69, 9.17) is 0 Å². The Hall–Kier alpha value is -3.34. The number of pyridine rings is 1. The van der Waals surface area contributed by atoms with Gasteiger partial charge in [0.15, 0.2) is 0 Å². The van der Waals surface area contributed by atoms with E-state index in [0.29, 0.717) is 28.7 Å². The smallest absolute Gasteiger partial charge is 0.382 e. The molecular formula is C26H29F3N4O3S. The third kappa shape index (κ3) is 6.33. The number of amides is 1. The molecule has 0 unspecified atom stereocenters. The highest BCUT2D eigenvalue weighted by atomic mass is 32.2. The number of aryl methyl sites for hydroxylation is 1. The predicted octanol–water partition coefficient (Wildman–Crippen LogP) is 5.11. The molecule has 0 bridgehead atoms. The lowest BCUT2D eigenvalue weighted by Crippen LogP contribution is -2.41. The lowest BCUT2D eigenvalue weighted by Gasteiger charge is -2.31. The van der Waals surface area contributed by atoms with Gasteiger partial charge in [0.1, 0.15) is 5.69 Å². The summed E-state index contributed by atoms with van der Waals surface area (Å²) in [4.78, 5) is 16.6. The molecule has 0 radical (unpaired) electrons. The van der Waals surface area contributed by atoms with Crippen LogP contribution >= 0.6 is 0 Å². The number of rotatable bonds is 6. The van der Waals surface area contributed by atoms with Gasteiger partial charge in [0, 0.05) is 35.8 Å². The number of sulfonamides is 1. The van der Waals surface area contributed by atoms with Crippen LogP contribution in [-0.4, -0.2) is 44.7 Å². The van der Waals surface area contributed by atoms with Crippen molar-refractivity contribution < 1.29 is 26.4 Å². The van der Waals surface area contributed by atoms with E-state index in [1.165, 1.54) is 7.05 Å². The Kier molecular flexibility index (Phi) is 7.36. The highest BCUT2D eigenvalue weighted by Gasteiger charge is 2.34. The number of alkyl halides is 3. The number of benzene rings is 2. The zero-order chi connectivity index (χ0) is 27.0. The monoisotopic (exact) mass is 534 g/mol. The quantitative estimate of drug-likeness (QED) is 0.459. The average Bonchev–Trinajstić information content (AvgIpc) is 2.83. The second-order valence-electron chi connectivity index (χ2n) is 9.53. The van der Waals surface area contributed by atoms with Crippen LogP contribution in [0, 0.1) is 6.92 Å². The fourth-order valence-corrected chi connectivity index (χ4v) is 5.06. The molecular weight excluding hydrogens is 505 g/mol. The van der Waals surface area contributed by atoms with Crippen molar-refractivity contribution in [1.29, 1.82) is 0 Å². The van der Waals surface area contributed by atoms with Gasteiger partial charge in [-0.15, -0.1) is 0 Å². The number of nitrogens with one attached hydrogen (secondary N) is 2. The van der Waals surface area contributed by atoms with E-state index in [0.717, 1.165) is 41.5 Å². The molecule has 3 aromatic rings. The lowest BCUT2D eigenvalue weighted by atomic mass is 9.90. The highest BCUT2D eigenvalue weighted by Crippen LogP contribution is 2.35. The zero-order valence-corrected chi connectivity index (χ0v) is 21.6. The minimum Gasteiger partial charge on any atom is -0.382 e. The van der Waals surface area contributed by atoms with Crippen molar-refractivity contribution in [3.63, 3.8) is 0 Å². The molecule has 0 saturated heterocycles. The van der Waals surface area contributed by atoms with E-state index >= 15 is 0 Å². The number of carbonyl (C=O) groups is 1. The number of halogens is 3. The van der Waals surface area contributed by atoms with Crippen LogP contribution in [0.25, 0.3) is 10.9 Å². The van der Waals surface area contributed by atoms with E-state index in [-0.39, 0.29) is 23.5 Å². The largest absolute Gasteiger partial charge is 0.433 e. The normalized spacial score (nSPS) is 18.4. The first-order valence-electron chi connectivity index (χ1n) is 11.9. The molecule has 2 N–H and O–H groups in total. The van der Waals surface area contributed by atoms with Crippen molar-refractivity contribution in [3.05, 3.63) is 65.4 Å². The maximum absolute atomic E-state index is 13.5. The van der Waals surface area contributed by atoms with Crippen molar-refractivity contribution in [2.45, 2.75) is 50.9 Å². The molecule has 198 valence electrons. The Morgan fingerprint density at radius 3 is 2.38 bits per heavy atom. The van der Waals surface area contributed by atoms with Crippen LogP contribution < -0.4 is 14.9 Å². The SMILES string of the molecule is Cc1ccc2nc(C(F)(F)F)cc(N[C@H]3CCC[C@@H](NC(=O)c4ccc(N(C)S(C)(=O)=O)cc4)C3)c2c1. The molecule has 1 saturated carbocycles. The third-order valence-electron chi connectivity index (χ3n) is 6.61. The average molecular weight is 535 g/mol. The van der Waals surface area contributed by atoms with Gasteiger partial charge in [-0.1, -0.05) is 11.6 Å². The highest BCUT2D eigenvalue weighted by molar-refractivity contribution is 7.92. The van der Waals surface area contributed by atoms with Gasteiger partial charge >= 0.3 is 6.18 Å². The van der Waals surface area contributed by atoms with Gasteiger partial charge in [0.2, 0.25) is 10.0 Å². The molecule has 11 heteroatoms. The maximum atomic E-state index is 13.5. The van der Waals surface area contributed by atoms with E-state index in [1.807, 2.05) is 13.0 Å². The predicted molar refractivity (Wildman–Crippen MR) is 138 cm³/mol. The van der Waals surface area contributed by atoms with Crippen LogP contribution in [0.5, 0.6) is 0 Å². The van der Waals surface area contributed by atoms with E-state index in [2.05, 4.69) is 15.6 Å². The molecule has 2 aromatic carbocycles. The van der Waals surface area contributed by atoms with Crippen molar-refractivity contribution >= 4 is 38.2 Å². The molecule has 1 heterocycles. The first-order chi connectivity index (χ1) is 17.3. The zero-order valence-electron chi connectivity index (χ0n) is 20.8. The molecule has 0 aliphatic heterocycles. The second-order valence-corrected chi connectivity index (χ2v) is 11.5. The van der Waals surface area contributed by atoms with Crippen molar-refractivity contribution in [3.8, 4) is 0 Å². The minimum atomic E-state index is -4.57. The van der Waals surface area contributed by atoms with Gasteiger partial charge in [0.05, 0.1) is 17.5 Å². The summed E-state index contributed by atoms with van der Waals surface area (Å²) in [5.41, 5.74) is 1.46. The van der Waals surface area contributed by atoms with Gasteiger partial charge < -0.3 is 10.6 Å². The molecule has 0 spiro atoms. The van der Waals surface area contributed by atoms with Crippen molar-refractivity contribution in [2.75, 3.05) is 22.9 Å². The Balaban J connectivity index is 1.47. The number of nitrogens with zero attached hydrogens (tertiary/aromatic N) is 2. The van der Waals surface area contributed by atoms with Crippen LogP contribution in [0.4, 0.5) is 24.5 Å². The fraction of sp³-hybridized carbons (Fsp3) is 0.385. The summed E-state index contributed by atoms with van der Waals surface area (Å²) in [5.74, 6) is -0.288. The minimum absolute atomic E-state index is 0.128. The fourth-order valence-electron chi connectivity index (χ4n) is 4.56. The number of fused-ring (bicyclic) bond motifs is 1. The number of hydrogen-bond acceptors (Lipinski definition) is 5. The van der Waals surface area contributed by atoms with Gasteiger partial charge in [-0.05, 0) is 75.1 Å². The van der Waals surface area contributed by atoms with Gasteiger partial charge in [-0.2, -0.15) is 13.2 Å². The van der Waals surface area contributed by atoms with Gasteiger partial charge in [0.25, 0.3) is 5.91 Å². The van der Waals surface area contributed by atoms with Crippen LogP contribution in [0.15, 0.2) is 48.5 Å². The number of aromatic nitrogens is 1. The maximum Gasteiger partial charge on any atom is 0.433 e. The van der Waals surface area contributed by atoms with E-state index in [1.54, 1.807) is 36.4 Å². The second kappa shape index (κ2) is 10.2. The Labute approximate surface area is 214 Å². The summed E-state index contributed by atoms with van der Waals surface area (Å²) in [7, 11) is -1.98. The first-order valence-corrected chi connectivity index (χ1v) is 13.8. The summed E-state index contributed by atoms with van der Waals surface area (Å²) in [5, 5.41) is 6.92. The molecule has 1 fully saturated rings. The lowest BCUT2D eigenvalue weighted by molar-refractivity contribution is -0.140. The number of hydrogen-bond donors (Lipinski definition) is 2. The summed E-state index contributed by atoms with van der Waals surface area (Å²) in [6, 6.07) is 12.2. The standard InChI is InChI=1S/C26H29F3N4O3S/c1-16-7-12-22-21(13-16)23(15-24(32-22)26(27,28)29)30-18-5-4-6-19(14-18)31-25(34)17-8-10-20(11-9-17)33(2)37(3,35)36/h7-13,15,18-19H,4-6,14H2,1-3H3,(H,30,32)(H,31,34)/t18-,19+/m0/s1. The molecule has 2 atom stereocenters. The topological polar surface area (TPSA) is 91.4 Å². The molecule has 37 heavy (non-hydrogen) atoms.